The molecule has 4 aliphatic rings. The van der Waals surface area contributed by atoms with Gasteiger partial charge in [-0.05, 0) is 50.7 Å². The summed E-state index contributed by atoms with van der Waals surface area (Å²) in [7, 11) is 0. The van der Waals surface area contributed by atoms with E-state index in [0.29, 0.717) is 12.1 Å². The number of anilines is 1. The lowest BCUT2D eigenvalue weighted by Crippen LogP contribution is -2.58. The van der Waals surface area contributed by atoms with Crippen LogP contribution in [0.2, 0.25) is 0 Å². The fourth-order valence-electron chi connectivity index (χ4n) is 6.15. The van der Waals surface area contributed by atoms with Gasteiger partial charge in [0.15, 0.2) is 0 Å². The van der Waals surface area contributed by atoms with Crippen LogP contribution < -0.4 is 10.2 Å². The highest BCUT2D eigenvalue weighted by Crippen LogP contribution is 2.37. The summed E-state index contributed by atoms with van der Waals surface area (Å²) in [6.45, 7) is 6.74. The molecular formula is C25H39N5O2. The Balaban J connectivity index is 1.10. The largest absolute Gasteiger partial charge is 0.375 e. The van der Waals surface area contributed by atoms with Crippen LogP contribution in [0.15, 0.2) is 24.4 Å². The highest BCUT2D eigenvalue weighted by atomic mass is 16.5. The number of carbonyl (C=O) groups excluding carboxylic acids is 1. The molecule has 32 heavy (non-hydrogen) atoms. The van der Waals surface area contributed by atoms with E-state index < -0.39 is 0 Å². The molecule has 7 nitrogen and oxygen atoms in total. The minimum absolute atomic E-state index is 0.0390. The van der Waals surface area contributed by atoms with Crippen molar-refractivity contribution in [2.75, 3.05) is 50.8 Å². The number of hydrogen-bond acceptors (Lipinski definition) is 5. The molecule has 0 aromatic carbocycles. The zero-order valence-electron chi connectivity index (χ0n) is 19.4. The van der Waals surface area contributed by atoms with Crippen molar-refractivity contribution in [3.8, 4) is 0 Å². The third-order valence-corrected chi connectivity index (χ3v) is 8.17. The van der Waals surface area contributed by atoms with Gasteiger partial charge in [0.2, 0.25) is 0 Å². The summed E-state index contributed by atoms with van der Waals surface area (Å²) in [5.41, 5.74) is -0.0390. The quantitative estimate of drug-likeness (QED) is 0.780. The number of ether oxygens (including phenoxy) is 1. The second kappa shape index (κ2) is 9.96. The van der Waals surface area contributed by atoms with Gasteiger partial charge < -0.3 is 19.9 Å². The molecule has 0 bridgehead atoms. The number of piperidine rings is 1. The number of carbonyl (C=O) groups is 1. The van der Waals surface area contributed by atoms with Gasteiger partial charge >= 0.3 is 6.03 Å². The summed E-state index contributed by atoms with van der Waals surface area (Å²) < 4.78 is 6.39. The first-order valence-corrected chi connectivity index (χ1v) is 12.8. The van der Waals surface area contributed by atoms with Crippen LogP contribution in [0.5, 0.6) is 0 Å². The second-order valence-corrected chi connectivity index (χ2v) is 10.2. The van der Waals surface area contributed by atoms with Gasteiger partial charge in [0.25, 0.3) is 0 Å². The fraction of sp³-hybridized carbons (Fsp3) is 0.760. The smallest absolute Gasteiger partial charge is 0.317 e. The molecular weight excluding hydrogens is 402 g/mol. The van der Waals surface area contributed by atoms with Gasteiger partial charge in [-0.25, -0.2) is 9.78 Å². The van der Waals surface area contributed by atoms with Crippen LogP contribution in [-0.4, -0.2) is 84.4 Å². The summed E-state index contributed by atoms with van der Waals surface area (Å²) in [6, 6.07) is 7.27. The number of nitrogens with one attached hydrogen (secondary N) is 1. The molecule has 1 aliphatic carbocycles. The van der Waals surface area contributed by atoms with Crippen LogP contribution in [0.25, 0.3) is 0 Å². The van der Waals surface area contributed by atoms with Gasteiger partial charge in [0, 0.05) is 64.2 Å². The van der Waals surface area contributed by atoms with Crippen LogP contribution in [0.1, 0.15) is 57.8 Å². The standard InChI is InChI=1S/C25H39N5O2/c31-24(27-21-6-2-1-3-7-21)30-13-10-25(11-14-30)20-22(9-19-32-25)28-15-17-29(18-16-28)23-8-4-5-12-26-23/h4-5,8,12,21-22H,1-3,6-7,9-11,13-20H2,(H,27,31). The first kappa shape index (κ1) is 22.0. The van der Waals surface area contributed by atoms with E-state index in [9.17, 15) is 4.79 Å². The molecule has 5 rings (SSSR count). The van der Waals surface area contributed by atoms with E-state index in [1.807, 2.05) is 17.2 Å². The van der Waals surface area contributed by atoms with Crippen LogP contribution in [-0.2, 0) is 4.74 Å². The maximum atomic E-state index is 12.8. The first-order valence-electron chi connectivity index (χ1n) is 12.8. The van der Waals surface area contributed by atoms with Crippen molar-refractivity contribution in [1.82, 2.24) is 20.1 Å². The molecule has 176 valence electrons. The molecule has 7 heteroatoms. The van der Waals surface area contributed by atoms with Gasteiger partial charge in [-0.3, -0.25) is 4.90 Å². The van der Waals surface area contributed by atoms with Crippen LogP contribution >= 0.6 is 0 Å². The Morgan fingerprint density at radius 2 is 1.78 bits per heavy atom. The number of pyridine rings is 1. The summed E-state index contributed by atoms with van der Waals surface area (Å²) in [6.07, 6.45) is 12.1. The molecule has 4 fully saturated rings. The van der Waals surface area contributed by atoms with E-state index in [-0.39, 0.29) is 11.6 Å². The zero-order chi connectivity index (χ0) is 21.8. The molecule has 1 atom stereocenters. The van der Waals surface area contributed by atoms with Crippen LogP contribution in [0, 0.1) is 0 Å². The molecule has 3 aliphatic heterocycles. The fourth-order valence-corrected chi connectivity index (χ4v) is 6.15. The van der Waals surface area contributed by atoms with E-state index in [2.05, 4.69) is 32.2 Å². The number of likely N-dealkylation sites (tertiary alicyclic amines) is 1. The van der Waals surface area contributed by atoms with Crippen molar-refractivity contribution in [1.29, 1.82) is 0 Å². The lowest BCUT2D eigenvalue weighted by atomic mass is 9.81. The highest BCUT2D eigenvalue weighted by molar-refractivity contribution is 5.74. The zero-order valence-corrected chi connectivity index (χ0v) is 19.4. The third-order valence-electron chi connectivity index (χ3n) is 8.17. The highest BCUT2D eigenvalue weighted by Gasteiger charge is 2.43. The second-order valence-electron chi connectivity index (χ2n) is 10.2. The van der Waals surface area contributed by atoms with Crippen molar-refractivity contribution in [3.63, 3.8) is 0 Å². The molecule has 0 radical (unpaired) electrons. The summed E-state index contributed by atoms with van der Waals surface area (Å²) in [4.78, 5) is 24.4. The average Bonchev–Trinajstić information content (AvgIpc) is 2.86. The van der Waals surface area contributed by atoms with E-state index in [4.69, 9.17) is 4.74 Å². The number of urea groups is 1. The molecule has 1 spiro atoms. The van der Waals surface area contributed by atoms with E-state index in [1.165, 1.54) is 19.3 Å². The molecule has 1 N–H and O–H groups in total. The lowest BCUT2D eigenvalue weighted by Gasteiger charge is -2.49. The Bertz CT molecular complexity index is 738. The van der Waals surface area contributed by atoms with E-state index in [1.54, 1.807) is 0 Å². The Labute approximate surface area is 192 Å². The van der Waals surface area contributed by atoms with Crippen LogP contribution in [0.3, 0.4) is 0 Å². The van der Waals surface area contributed by atoms with E-state index in [0.717, 1.165) is 90.2 Å². The minimum atomic E-state index is -0.0390. The van der Waals surface area contributed by atoms with E-state index >= 15 is 0 Å². The Hall–Kier alpha value is -1.86. The topological polar surface area (TPSA) is 60.9 Å². The molecule has 1 saturated carbocycles. The van der Waals surface area contributed by atoms with Gasteiger partial charge in [-0.15, -0.1) is 0 Å². The summed E-state index contributed by atoms with van der Waals surface area (Å²) in [5, 5.41) is 3.29. The predicted molar refractivity (Wildman–Crippen MR) is 126 cm³/mol. The number of amides is 2. The number of hydrogen-bond donors (Lipinski definition) is 1. The average molecular weight is 442 g/mol. The molecule has 1 unspecified atom stereocenters. The van der Waals surface area contributed by atoms with Crippen molar-refractivity contribution < 1.29 is 9.53 Å². The number of rotatable bonds is 3. The van der Waals surface area contributed by atoms with Crippen molar-refractivity contribution in [3.05, 3.63) is 24.4 Å². The van der Waals surface area contributed by atoms with Gasteiger partial charge in [-0.2, -0.15) is 0 Å². The van der Waals surface area contributed by atoms with Crippen molar-refractivity contribution in [2.45, 2.75) is 75.5 Å². The Morgan fingerprint density at radius 3 is 2.50 bits per heavy atom. The predicted octanol–water partition coefficient (Wildman–Crippen LogP) is 3.26. The summed E-state index contributed by atoms with van der Waals surface area (Å²) >= 11 is 0. The molecule has 1 aromatic rings. The van der Waals surface area contributed by atoms with Crippen LogP contribution in [0.4, 0.5) is 10.6 Å². The summed E-state index contributed by atoms with van der Waals surface area (Å²) in [5.74, 6) is 1.09. The monoisotopic (exact) mass is 441 g/mol. The third kappa shape index (κ3) is 5.04. The molecule has 1 aromatic heterocycles. The molecule has 2 amide bonds. The molecule has 4 heterocycles. The molecule has 3 saturated heterocycles. The number of nitrogens with zero attached hydrogens (tertiary/aromatic N) is 4. The van der Waals surface area contributed by atoms with Crippen molar-refractivity contribution in [2.24, 2.45) is 0 Å². The SMILES string of the molecule is O=C(NC1CCCCC1)N1CCC2(CC1)CC(N1CCN(c3ccccn3)CC1)CCO2. The van der Waals surface area contributed by atoms with Crippen molar-refractivity contribution >= 4 is 11.8 Å². The van der Waals surface area contributed by atoms with Gasteiger partial charge in [-0.1, -0.05) is 25.3 Å². The minimum Gasteiger partial charge on any atom is -0.375 e. The number of aromatic nitrogens is 1. The Morgan fingerprint density at radius 1 is 1.00 bits per heavy atom. The lowest BCUT2D eigenvalue weighted by molar-refractivity contribution is -0.129. The van der Waals surface area contributed by atoms with Gasteiger partial charge in [0.1, 0.15) is 5.82 Å². The number of piperazine rings is 1. The van der Waals surface area contributed by atoms with Gasteiger partial charge in [0.05, 0.1) is 5.60 Å². The first-order chi connectivity index (χ1) is 15.7. The maximum absolute atomic E-state index is 12.8. The Kier molecular flexibility index (Phi) is 6.83. The normalized spacial score (nSPS) is 27.4. The maximum Gasteiger partial charge on any atom is 0.317 e.